The van der Waals surface area contributed by atoms with E-state index < -0.39 is 8.07 Å². The minimum atomic E-state index is -1.56. The lowest BCUT2D eigenvalue weighted by Gasteiger charge is -2.20. The molecular weight excluding hydrogens is 396 g/mol. The highest BCUT2D eigenvalue weighted by molar-refractivity contribution is 6.90. The van der Waals surface area contributed by atoms with Gasteiger partial charge < -0.3 is 4.42 Å². The molecule has 0 unspecified atom stereocenters. The summed E-state index contributed by atoms with van der Waals surface area (Å²) >= 11 is 0. The third-order valence-corrected chi connectivity index (χ3v) is 8.15. The van der Waals surface area contributed by atoms with Crippen LogP contribution in [0.1, 0.15) is 0 Å². The molecule has 0 atom stereocenters. The molecule has 0 radical (unpaired) electrons. The second kappa shape index (κ2) is 6.50. The average Bonchev–Trinajstić information content (AvgIpc) is 3.16. The van der Waals surface area contributed by atoms with E-state index in [2.05, 4.69) is 74.2 Å². The Morgan fingerprint density at radius 3 is 2.39 bits per heavy atom. The highest BCUT2D eigenvalue weighted by atomic mass is 28.3. The van der Waals surface area contributed by atoms with Gasteiger partial charge in [0, 0.05) is 27.1 Å². The summed E-state index contributed by atoms with van der Waals surface area (Å²) in [4.78, 5) is 9.51. The molecule has 0 amide bonds. The zero-order chi connectivity index (χ0) is 21.2. The number of fused-ring (bicyclic) bond motifs is 6. The number of aromatic nitrogens is 2. The van der Waals surface area contributed by atoms with E-state index in [1.54, 1.807) is 6.33 Å². The number of furan rings is 1. The van der Waals surface area contributed by atoms with Crippen LogP contribution in [0.15, 0.2) is 83.5 Å². The predicted octanol–water partition coefficient (Wildman–Crippen LogP) is 6.89. The van der Waals surface area contributed by atoms with Crippen LogP contribution in [-0.2, 0) is 0 Å². The van der Waals surface area contributed by atoms with Gasteiger partial charge in [-0.1, -0.05) is 79.4 Å². The number of hydrogen-bond donors (Lipinski definition) is 0. The van der Waals surface area contributed by atoms with Gasteiger partial charge in [-0.05, 0) is 23.6 Å². The van der Waals surface area contributed by atoms with Crippen molar-refractivity contribution >= 4 is 56.9 Å². The van der Waals surface area contributed by atoms with Gasteiger partial charge in [0.2, 0.25) is 0 Å². The Bertz CT molecular complexity index is 1630. The van der Waals surface area contributed by atoms with Crippen molar-refractivity contribution in [1.29, 1.82) is 0 Å². The average molecular weight is 419 g/mol. The first kappa shape index (κ1) is 18.3. The van der Waals surface area contributed by atoms with Gasteiger partial charge in [0.05, 0.1) is 19.3 Å². The van der Waals surface area contributed by atoms with Crippen molar-refractivity contribution in [3.63, 3.8) is 0 Å². The van der Waals surface area contributed by atoms with Crippen LogP contribution in [0, 0.1) is 0 Å². The SMILES string of the molecule is C[Si](C)(C)c1cccc2ccc3c(-c4cccc5c4oc4ccccc45)ncnc3c12. The lowest BCUT2D eigenvalue weighted by atomic mass is 10.0. The van der Waals surface area contributed by atoms with Gasteiger partial charge >= 0.3 is 0 Å². The summed E-state index contributed by atoms with van der Waals surface area (Å²) < 4.78 is 6.30. The molecule has 6 aromatic rings. The first-order valence-electron chi connectivity index (χ1n) is 10.6. The van der Waals surface area contributed by atoms with Crippen molar-refractivity contribution in [2.45, 2.75) is 19.6 Å². The second-order valence-electron chi connectivity index (χ2n) is 9.12. The molecule has 150 valence electrons. The zero-order valence-corrected chi connectivity index (χ0v) is 18.8. The molecule has 0 spiro atoms. The summed E-state index contributed by atoms with van der Waals surface area (Å²) in [6, 6.07) is 25.5. The minimum absolute atomic E-state index is 0.877. The highest BCUT2D eigenvalue weighted by Crippen LogP contribution is 2.38. The predicted molar refractivity (Wildman–Crippen MR) is 133 cm³/mol. The zero-order valence-electron chi connectivity index (χ0n) is 17.8. The lowest BCUT2D eigenvalue weighted by Crippen LogP contribution is -2.38. The molecule has 31 heavy (non-hydrogen) atoms. The fourth-order valence-electron chi connectivity index (χ4n) is 4.67. The Labute approximate surface area is 181 Å². The molecule has 0 fully saturated rings. The first-order chi connectivity index (χ1) is 15.0. The van der Waals surface area contributed by atoms with Crippen LogP contribution < -0.4 is 5.19 Å². The van der Waals surface area contributed by atoms with Gasteiger partial charge in [0.1, 0.15) is 17.5 Å². The number of rotatable bonds is 2. The molecule has 0 saturated carbocycles. The van der Waals surface area contributed by atoms with Gasteiger partial charge in [-0.15, -0.1) is 0 Å². The van der Waals surface area contributed by atoms with E-state index in [9.17, 15) is 0 Å². The lowest BCUT2D eigenvalue weighted by molar-refractivity contribution is 0.670. The van der Waals surface area contributed by atoms with Crippen LogP contribution in [0.5, 0.6) is 0 Å². The summed E-state index contributed by atoms with van der Waals surface area (Å²) in [5.41, 5.74) is 4.72. The molecule has 0 aliphatic heterocycles. The summed E-state index contributed by atoms with van der Waals surface area (Å²) in [5, 5.41) is 7.24. The van der Waals surface area contributed by atoms with Crippen molar-refractivity contribution in [1.82, 2.24) is 9.97 Å². The first-order valence-corrected chi connectivity index (χ1v) is 14.1. The monoisotopic (exact) mass is 418 g/mol. The Balaban J connectivity index is 1.73. The van der Waals surface area contributed by atoms with Crippen molar-refractivity contribution < 1.29 is 4.42 Å². The molecule has 2 aromatic heterocycles. The fourth-order valence-corrected chi connectivity index (χ4v) is 6.28. The van der Waals surface area contributed by atoms with Gasteiger partial charge in [-0.25, -0.2) is 9.97 Å². The summed E-state index contributed by atoms with van der Waals surface area (Å²) in [5.74, 6) is 0. The minimum Gasteiger partial charge on any atom is -0.455 e. The highest BCUT2D eigenvalue weighted by Gasteiger charge is 2.22. The van der Waals surface area contributed by atoms with Crippen LogP contribution >= 0.6 is 0 Å². The smallest absolute Gasteiger partial charge is 0.144 e. The number of nitrogens with zero attached hydrogens (tertiary/aromatic N) is 2. The molecule has 0 aliphatic rings. The van der Waals surface area contributed by atoms with Crippen LogP contribution in [0.3, 0.4) is 0 Å². The number of hydrogen-bond acceptors (Lipinski definition) is 3. The molecule has 3 nitrogen and oxygen atoms in total. The quantitative estimate of drug-likeness (QED) is 0.227. The van der Waals surface area contributed by atoms with Crippen LogP contribution in [0.2, 0.25) is 19.6 Å². The third-order valence-electron chi connectivity index (χ3n) is 6.11. The number of para-hydroxylation sites is 2. The largest absolute Gasteiger partial charge is 0.455 e. The van der Waals surface area contributed by atoms with E-state index in [4.69, 9.17) is 14.4 Å². The molecule has 0 N–H and O–H groups in total. The van der Waals surface area contributed by atoms with E-state index in [0.29, 0.717) is 0 Å². The van der Waals surface area contributed by atoms with Crippen molar-refractivity contribution in [3.05, 3.63) is 79.1 Å². The van der Waals surface area contributed by atoms with E-state index in [1.165, 1.54) is 16.0 Å². The summed E-state index contributed by atoms with van der Waals surface area (Å²) in [6.07, 6.45) is 1.69. The molecule has 0 bridgehead atoms. The van der Waals surface area contributed by atoms with Gasteiger partial charge in [-0.2, -0.15) is 0 Å². The van der Waals surface area contributed by atoms with Gasteiger partial charge in [0.25, 0.3) is 0 Å². The summed E-state index contributed by atoms with van der Waals surface area (Å²) in [6.45, 7) is 7.16. The molecule has 4 heteroatoms. The molecule has 0 saturated heterocycles. The Morgan fingerprint density at radius 2 is 1.52 bits per heavy atom. The maximum absolute atomic E-state index is 6.30. The number of benzene rings is 4. The second-order valence-corrected chi connectivity index (χ2v) is 14.2. The van der Waals surface area contributed by atoms with Crippen LogP contribution in [-0.4, -0.2) is 18.0 Å². The van der Waals surface area contributed by atoms with Crippen molar-refractivity contribution in [2.75, 3.05) is 0 Å². The Morgan fingerprint density at radius 1 is 0.710 bits per heavy atom. The Kier molecular flexibility index (Phi) is 3.83. The fraction of sp³-hybridized carbons (Fsp3) is 0.111. The standard InChI is InChI=1S/C27H22N2OSi/c1-31(2,3)23-13-6-8-17-14-15-20-25(28-16-29-26(20)24(17)23)21-11-7-10-19-18-9-4-5-12-22(18)30-27(19)21/h4-16H,1-3H3. The van der Waals surface area contributed by atoms with Crippen LogP contribution in [0.4, 0.5) is 0 Å². The molecular formula is C27H22N2OSi. The molecule has 4 aromatic carbocycles. The van der Waals surface area contributed by atoms with Crippen molar-refractivity contribution in [3.8, 4) is 11.3 Å². The van der Waals surface area contributed by atoms with E-state index >= 15 is 0 Å². The third kappa shape index (κ3) is 2.72. The van der Waals surface area contributed by atoms with E-state index in [0.717, 1.165) is 44.1 Å². The van der Waals surface area contributed by atoms with E-state index in [-0.39, 0.29) is 0 Å². The topological polar surface area (TPSA) is 38.9 Å². The molecule has 6 rings (SSSR count). The van der Waals surface area contributed by atoms with Crippen molar-refractivity contribution in [2.24, 2.45) is 0 Å². The van der Waals surface area contributed by atoms with E-state index in [1.807, 2.05) is 18.2 Å². The summed E-state index contributed by atoms with van der Waals surface area (Å²) in [7, 11) is -1.56. The molecule has 2 heterocycles. The normalized spacial score (nSPS) is 12.4. The maximum atomic E-state index is 6.30. The van der Waals surface area contributed by atoms with Crippen LogP contribution in [0.25, 0.3) is 54.9 Å². The van der Waals surface area contributed by atoms with Gasteiger partial charge in [0.15, 0.2) is 0 Å². The molecule has 0 aliphatic carbocycles. The Hall–Kier alpha value is -3.50. The maximum Gasteiger partial charge on any atom is 0.144 e. The van der Waals surface area contributed by atoms with Gasteiger partial charge in [-0.3, -0.25) is 0 Å².